The number of hydrogen-bond donors (Lipinski definition) is 1. The van der Waals surface area contributed by atoms with Crippen LogP contribution in [-0.2, 0) is 5.41 Å². The van der Waals surface area contributed by atoms with E-state index in [1.807, 2.05) is 12.1 Å². The molecule has 2 aliphatic carbocycles. The van der Waals surface area contributed by atoms with Crippen molar-refractivity contribution < 1.29 is 5.11 Å². The van der Waals surface area contributed by atoms with Crippen LogP contribution in [0.2, 0.25) is 0 Å². The van der Waals surface area contributed by atoms with Crippen molar-refractivity contribution >= 4 is 0 Å². The molecule has 0 radical (unpaired) electrons. The maximum Gasteiger partial charge on any atom is 0.115 e. The van der Waals surface area contributed by atoms with Crippen molar-refractivity contribution in [2.75, 3.05) is 0 Å². The Labute approximate surface area is 117 Å². The van der Waals surface area contributed by atoms with E-state index in [4.69, 9.17) is 0 Å². The van der Waals surface area contributed by atoms with Crippen LogP contribution >= 0.6 is 0 Å². The van der Waals surface area contributed by atoms with Gasteiger partial charge in [0.2, 0.25) is 0 Å². The Kier molecular flexibility index (Phi) is 3.81. The minimum atomic E-state index is 0.401. The Morgan fingerprint density at radius 2 is 1.37 bits per heavy atom. The Bertz CT molecular complexity index is 394. The van der Waals surface area contributed by atoms with Crippen molar-refractivity contribution in [3.8, 4) is 5.75 Å². The normalized spacial score (nSPS) is 24.2. The third-order valence-electron chi connectivity index (χ3n) is 5.57. The molecular weight excluding hydrogens is 232 g/mol. The topological polar surface area (TPSA) is 20.2 Å². The molecule has 2 saturated carbocycles. The first-order chi connectivity index (χ1) is 9.31. The molecule has 0 aromatic heterocycles. The molecule has 104 valence electrons. The quantitative estimate of drug-likeness (QED) is 0.775. The van der Waals surface area contributed by atoms with Gasteiger partial charge in [0.05, 0.1) is 0 Å². The average Bonchev–Trinajstić information content (AvgIpc) is 2.49. The van der Waals surface area contributed by atoms with E-state index in [1.54, 1.807) is 0 Å². The molecule has 0 aliphatic heterocycles. The van der Waals surface area contributed by atoms with Crippen molar-refractivity contribution in [1.29, 1.82) is 0 Å². The zero-order valence-electron chi connectivity index (χ0n) is 11.9. The highest BCUT2D eigenvalue weighted by Gasteiger charge is 2.41. The van der Waals surface area contributed by atoms with Crippen molar-refractivity contribution in [3.05, 3.63) is 29.8 Å². The van der Waals surface area contributed by atoms with E-state index in [0.717, 1.165) is 5.92 Å². The number of phenols is 1. The van der Waals surface area contributed by atoms with Gasteiger partial charge in [0.15, 0.2) is 0 Å². The molecule has 1 aromatic rings. The monoisotopic (exact) mass is 258 g/mol. The zero-order valence-corrected chi connectivity index (χ0v) is 11.9. The maximum atomic E-state index is 9.55. The third-order valence-corrected chi connectivity index (χ3v) is 5.57. The molecule has 0 atom stereocenters. The van der Waals surface area contributed by atoms with E-state index < -0.39 is 0 Å². The fourth-order valence-corrected chi connectivity index (χ4v) is 4.56. The highest BCUT2D eigenvalue weighted by atomic mass is 16.3. The van der Waals surface area contributed by atoms with Crippen molar-refractivity contribution in [1.82, 2.24) is 0 Å². The van der Waals surface area contributed by atoms with Crippen molar-refractivity contribution in [2.24, 2.45) is 5.92 Å². The molecule has 2 fully saturated rings. The molecule has 0 heterocycles. The van der Waals surface area contributed by atoms with E-state index in [9.17, 15) is 5.11 Å². The van der Waals surface area contributed by atoms with Crippen LogP contribution in [0, 0.1) is 5.92 Å². The predicted molar refractivity (Wildman–Crippen MR) is 79.4 cm³/mol. The van der Waals surface area contributed by atoms with Gasteiger partial charge in [0.25, 0.3) is 0 Å². The van der Waals surface area contributed by atoms with Crippen LogP contribution in [0.4, 0.5) is 0 Å². The SMILES string of the molecule is Oc1ccc(C2(C3CCCCC3)CCCCC2)cc1. The first-order valence-corrected chi connectivity index (χ1v) is 8.11. The van der Waals surface area contributed by atoms with Gasteiger partial charge in [0, 0.05) is 0 Å². The molecule has 19 heavy (non-hydrogen) atoms. The third kappa shape index (κ3) is 2.52. The van der Waals surface area contributed by atoms with Gasteiger partial charge < -0.3 is 5.11 Å². The number of phenolic OH excluding ortho intramolecular Hbond substituents is 1. The summed E-state index contributed by atoms with van der Waals surface area (Å²) in [6.07, 6.45) is 14.0. The van der Waals surface area contributed by atoms with Gasteiger partial charge in [-0.1, -0.05) is 50.7 Å². The van der Waals surface area contributed by atoms with E-state index in [-0.39, 0.29) is 0 Å². The summed E-state index contributed by atoms with van der Waals surface area (Å²) in [5, 5.41) is 9.55. The molecule has 2 aliphatic rings. The fraction of sp³-hybridized carbons (Fsp3) is 0.667. The van der Waals surface area contributed by atoms with E-state index in [1.165, 1.54) is 69.8 Å². The van der Waals surface area contributed by atoms with Crippen molar-refractivity contribution in [3.63, 3.8) is 0 Å². The smallest absolute Gasteiger partial charge is 0.115 e. The summed E-state index contributed by atoms with van der Waals surface area (Å²) in [7, 11) is 0. The lowest BCUT2D eigenvalue weighted by molar-refractivity contribution is 0.148. The molecule has 1 nitrogen and oxygen atoms in total. The van der Waals surface area contributed by atoms with E-state index in [2.05, 4.69) is 12.1 Å². The minimum Gasteiger partial charge on any atom is -0.508 e. The molecular formula is C18H26O. The first kappa shape index (κ1) is 13.0. The van der Waals surface area contributed by atoms with Crippen LogP contribution in [0.3, 0.4) is 0 Å². The standard InChI is InChI=1S/C18H26O/c19-17-11-9-16(10-12-17)18(13-5-2-6-14-18)15-7-3-1-4-8-15/h9-12,15,19H,1-8,13-14H2. The molecule has 1 heteroatoms. The summed E-state index contributed by atoms with van der Waals surface area (Å²) < 4.78 is 0. The van der Waals surface area contributed by atoms with Gasteiger partial charge in [-0.15, -0.1) is 0 Å². The summed E-state index contributed by atoms with van der Waals surface area (Å²) in [4.78, 5) is 0. The number of rotatable bonds is 2. The van der Waals surface area contributed by atoms with Crippen LogP contribution < -0.4 is 0 Å². The van der Waals surface area contributed by atoms with Gasteiger partial charge in [-0.05, 0) is 54.7 Å². The van der Waals surface area contributed by atoms with Crippen LogP contribution in [0.25, 0.3) is 0 Å². The zero-order chi connectivity index (χ0) is 13.1. The lowest BCUT2D eigenvalue weighted by Crippen LogP contribution is -2.38. The largest absolute Gasteiger partial charge is 0.508 e. The summed E-state index contributed by atoms with van der Waals surface area (Å²) in [5.41, 5.74) is 1.92. The number of benzene rings is 1. The first-order valence-electron chi connectivity index (χ1n) is 8.11. The van der Waals surface area contributed by atoms with Crippen LogP contribution in [-0.4, -0.2) is 5.11 Å². The lowest BCUT2D eigenvalue weighted by Gasteiger charge is -2.46. The van der Waals surface area contributed by atoms with Crippen LogP contribution in [0.5, 0.6) is 5.75 Å². The molecule has 0 bridgehead atoms. The number of hydrogen-bond acceptors (Lipinski definition) is 1. The minimum absolute atomic E-state index is 0.401. The Morgan fingerprint density at radius 1 is 0.789 bits per heavy atom. The highest BCUT2D eigenvalue weighted by molar-refractivity contribution is 5.33. The second kappa shape index (κ2) is 5.56. The molecule has 0 amide bonds. The van der Waals surface area contributed by atoms with Gasteiger partial charge in [-0.2, -0.15) is 0 Å². The van der Waals surface area contributed by atoms with E-state index in [0.29, 0.717) is 11.2 Å². The van der Waals surface area contributed by atoms with Crippen LogP contribution in [0.15, 0.2) is 24.3 Å². The summed E-state index contributed by atoms with van der Waals surface area (Å²) in [5.74, 6) is 1.28. The Hall–Kier alpha value is -0.980. The number of aromatic hydroxyl groups is 1. The Balaban J connectivity index is 1.93. The lowest BCUT2D eigenvalue weighted by atomic mass is 9.58. The van der Waals surface area contributed by atoms with E-state index >= 15 is 0 Å². The van der Waals surface area contributed by atoms with Crippen molar-refractivity contribution in [2.45, 2.75) is 69.6 Å². The highest BCUT2D eigenvalue weighted by Crippen LogP contribution is 2.50. The molecule has 0 unspecified atom stereocenters. The summed E-state index contributed by atoms with van der Waals surface area (Å²) in [6, 6.07) is 8.15. The molecule has 3 rings (SSSR count). The maximum absolute atomic E-state index is 9.55. The second-order valence-corrected chi connectivity index (χ2v) is 6.60. The molecule has 1 aromatic carbocycles. The molecule has 0 spiro atoms. The molecule has 0 saturated heterocycles. The van der Waals surface area contributed by atoms with Gasteiger partial charge in [-0.3, -0.25) is 0 Å². The van der Waals surface area contributed by atoms with Crippen LogP contribution in [0.1, 0.15) is 69.8 Å². The van der Waals surface area contributed by atoms with Gasteiger partial charge >= 0.3 is 0 Å². The average molecular weight is 258 g/mol. The summed E-state index contributed by atoms with van der Waals surface area (Å²) in [6.45, 7) is 0. The molecule has 1 N–H and O–H groups in total. The van der Waals surface area contributed by atoms with Gasteiger partial charge in [-0.25, -0.2) is 0 Å². The van der Waals surface area contributed by atoms with Gasteiger partial charge in [0.1, 0.15) is 5.75 Å². The summed E-state index contributed by atoms with van der Waals surface area (Å²) >= 11 is 0. The fourth-order valence-electron chi connectivity index (χ4n) is 4.56. The predicted octanol–water partition coefficient (Wildman–Crippen LogP) is 5.17. The Morgan fingerprint density at radius 3 is 2.00 bits per heavy atom. The second-order valence-electron chi connectivity index (χ2n) is 6.60.